The van der Waals surface area contributed by atoms with Crippen LogP contribution in [0, 0.1) is 23.6 Å². The van der Waals surface area contributed by atoms with Crippen LogP contribution in [0.2, 0.25) is 0 Å². The molecule has 0 aliphatic heterocycles. The maximum Gasteiger partial charge on any atom is 0.127 e. The maximum atomic E-state index is 14.7. The Hall–Kier alpha value is -1.63. The van der Waals surface area contributed by atoms with Gasteiger partial charge in [0.25, 0.3) is 0 Å². The third kappa shape index (κ3) is 6.49. The first-order chi connectivity index (χ1) is 16.2. The number of unbranched alkanes of at least 4 members (excludes halogenated alkanes) is 4. The minimum absolute atomic E-state index is 0.0409. The average Bonchev–Trinajstić information content (AvgIpc) is 2.83. The van der Waals surface area contributed by atoms with Crippen LogP contribution in [0.3, 0.4) is 0 Å². The number of fused-ring (bicyclic) bond motifs is 2. The van der Waals surface area contributed by atoms with Crippen molar-refractivity contribution in [1.29, 1.82) is 0 Å². The van der Waals surface area contributed by atoms with Gasteiger partial charge in [-0.1, -0.05) is 82.2 Å². The molecular weight excluding hydrogens is 403 g/mol. The summed E-state index contributed by atoms with van der Waals surface area (Å²) >= 11 is 0. The molecule has 2 aromatic rings. The Morgan fingerprint density at radius 3 is 2.55 bits per heavy atom. The molecule has 4 atom stereocenters. The molecule has 0 amide bonds. The predicted octanol–water partition coefficient (Wildman–Crippen LogP) is 10.1. The van der Waals surface area contributed by atoms with Crippen LogP contribution in [0.25, 0.3) is 10.8 Å². The lowest BCUT2D eigenvalue weighted by Gasteiger charge is -2.42. The van der Waals surface area contributed by atoms with Crippen LogP contribution in [0.1, 0.15) is 114 Å². The molecule has 2 aliphatic carbocycles. The zero-order valence-corrected chi connectivity index (χ0v) is 21.1. The van der Waals surface area contributed by atoms with Gasteiger partial charge >= 0.3 is 0 Å². The molecule has 0 radical (unpaired) electrons. The molecule has 0 spiro atoms. The van der Waals surface area contributed by atoms with Gasteiger partial charge in [-0.3, -0.25) is 0 Å². The first-order valence-electron chi connectivity index (χ1n) is 14.0. The van der Waals surface area contributed by atoms with Gasteiger partial charge in [-0.2, -0.15) is 0 Å². The quantitative estimate of drug-likeness (QED) is 0.250. The first-order valence-corrected chi connectivity index (χ1v) is 14.0. The largest absolute Gasteiger partial charge is 0.207 e. The molecule has 0 saturated heterocycles. The Kier molecular flexibility index (Phi) is 9.04. The molecule has 33 heavy (non-hydrogen) atoms. The van der Waals surface area contributed by atoms with E-state index >= 15 is 0 Å². The summed E-state index contributed by atoms with van der Waals surface area (Å²) in [7, 11) is 0. The monoisotopic (exact) mass is 448 g/mol. The van der Waals surface area contributed by atoms with E-state index in [2.05, 4.69) is 37.3 Å². The highest BCUT2D eigenvalue weighted by Crippen LogP contribution is 2.48. The number of benzene rings is 2. The smallest absolute Gasteiger partial charge is 0.127 e. The number of halogens is 1. The second kappa shape index (κ2) is 12.2. The van der Waals surface area contributed by atoms with Crippen molar-refractivity contribution in [2.75, 3.05) is 0 Å². The molecule has 0 heterocycles. The molecule has 0 nitrogen and oxygen atoms in total. The molecule has 4 rings (SSSR count). The summed E-state index contributed by atoms with van der Waals surface area (Å²) in [6.07, 6.45) is 22.9. The molecule has 1 heteroatoms. The average molecular weight is 449 g/mol. The number of rotatable bonds is 10. The van der Waals surface area contributed by atoms with Crippen molar-refractivity contribution in [3.8, 4) is 0 Å². The van der Waals surface area contributed by atoms with E-state index in [0.717, 1.165) is 41.5 Å². The van der Waals surface area contributed by atoms with Gasteiger partial charge in [-0.25, -0.2) is 4.39 Å². The summed E-state index contributed by atoms with van der Waals surface area (Å²) < 4.78 is 14.7. The van der Waals surface area contributed by atoms with E-state index in [0.29, 0.717) is 5.92 Å². The van der Waals surface area contributed by atoms with Crippen molar-refractivity contribution in [3.05, 3.63) is 59.4 Å². The topological polar surface area (TPSA) is 0 Å². The molecular formula is C32H45F. The molecule has 4 unspecified atom stereocenters. The molecule has 2 saturated carbocycles. The third-order valence-corrected chi connectivity index (χ3v) is 8.75. The first kappa shape index (κ1) is 24.5. The van der Waals surface area contributed by atoms with Crippen LogP contribution in [0.15, 0.2) is 42.5 Å². The van der Waals surface area contributed by atoms with Gasteiger partial charge in [0.15, 0.2) is 0 Å². The van der Waals surface area contributed by atoms with Crippen molar-refractivity contribution in [2.24, 2.45) is 17.8 Å². The Labute approximate surface area is 202 Å². The highest BCUT2D eigenvalue weighted by molar-refractivity contribution is 5.84. The fourth-order valence-corrected chi connectivity index (χ4v) is 6.77. The van der Waals surface area contributed by atoms with Crippen LogP contribution in [-0.2, 0) is 6.42 Å². The lowest BCUT2D eigenvalue weighted by atomic mass is 9.63. The van der Waals surface area contributed by atoms with Gasteiger partial charge in [0.1, 0.15) is 5.82 Å². The fraction of sp³-hybridized carbons (Fsp3) is 0.625. The minimum atomic E-state index is -0.0409. The SMILES string of the molecule is C/C=C/CCc1cc2ccc(C3CCC4CC(CCCCCCC)CCC4C3)cc2cc1F. The van der Waals surface area contributed by atoms with E-state index in [9.17, 15) is 4.39 Å². The normalized spacial score (nSPS) is 25.5. The summed E-state index contributed by atoms with van der Waals surface area (Å²) in [5.74, 6) is 3.50. The molecule has 0 bridgehead atoms. The van der Waals surface area contributed by atoms with Gasteiger partial charge < -0.3 is 0 Å². The van der Waals surface area contributed by atoms with Gasteiger partial charge in [0, 0.05) is 0 Å². The van der Waals surface area contributed by atoms with Crippen LogP contribution >= 0.6 is 0 Å². The Morgan fingerprint density at radius 2 is 1.70 bits per heavy atom. The third-order valence-electron chi connectivity index (χ3n) is 8.75. The summed E-state index contributed by atoms with van der Waals surface area (Å²) in [6.45, 7) is 4.32. The summed E-state index contributed by atoms with van der Waals surface area (Å²) in [5.41, 5.74) is 2.29. The van der Waals surface area contributed by atoms with Crippen LogP contribution < -0.4 is 0 Å². The number of hydrogen-bond donors (Lipinski definition) is 0. The Bertz CT molecular complexity index is 910. The van der Waals surface area contributed by atoms with Crippen LogP contribution in [-0.4, -0.2) is 0 Å². The zero-order valence-electron chi connectivity index (χ0n) is 21.1. The standard InChI is InChI=1S/C32H45F/c1-3-5-7-8-10-11-24-13-14-26-20-27(16-15-25(26)19-24)28-17-18-29-21-30(12-9-6-4-2)32(33)23-31(29)22-28/h4,6,17-18,21-27H,3,5,7-16,19-20H2,1-2H3/b6-4+. The second-order valence-electron chi connectivity index (χ2n) is 11.1. The van der Waals surface area contributed by atoms with Gasteiger partial charge in [0.2, 0.25) is 0 Å². The highest BCUT2D eigenvalue weighted by Gasteiger charge is 2.35. The van der Waals surface area contributed by atoms with E-state index in [4.69, 9.17) is 0 Å². The number of allylic oxidation sites excluding steroid dienone is 2. The van der Waals surface area contributed by atoms with Gasteiger partial charge in [0.05, 0.1) is 0 Å². The maximum absolute atomic E-state index is 14.7. The molecule has 2 fully saturated rings. The van der Waals surface area contributed by atoms with Gasteiger partial charge in [-0.15, -0.1) is 0 Å². The van der Waals surface area contributed by atoms with Crippen molar-refractivity contribution >= 4 is 10.8 Å². The highest BCUT2D eigenvalue weighted by atomic mass is 19.1. The molecule has 2 aliphatic rings. The zero-order chi connectivity index (χ0) is 23.0. The Morgan fingerprint density at radius 1 is 0.879 bits per heavy atom. The summed E-state index contributed by atoms with van der Waals surface area (Å²) in [4.78, 5) is 0. The van der Waals surface area contributed by atoms with E-state index in [-0.39, 0.29) is 5.82 Å². The minimum Gasteiger partial charge on any atom is -0.207 e. The molecule has 180 valence electrons. The van der Waals surface area contributed by atoms with Crippen molar-refractivity contribution in [3.63, 3.8) is 0 Å². The molecule has 0 aromatic heterocycles. The number of hydrogen-bond acceptors (Lipinski definition) is 0. The van der Waals surface area contributed by atoms with Crippen molar-refractivity contribution in [2.45, 2.75) is 110 Å². The van der Waals surface area contributed by atoms with Crippen molar-refractivity contribution < 1.29 is 4.39 Å². The fourth-order valence-electron chi connectivity index (χ4n) is 6.77. The predicted molar refractivity (Wildman–Crippen MR) is 141 cm³/mol. The summed E-state index contributed by atoms with van der Waals surface area (Å²) in [5, 5.41) is 2.26. The van der Waals surface area contributed by atoms with Crippen molar-refractivity contribution in [1.82, 2.24) is 0 Å². The lowest BCUT2D eigenvalue weighted by molar-refractivity contribution is 0.113. The number of aryl methyl sites for hydroxylation is 1. The van der Waals surface area contributed by atoms with E-state index in [1.807, 2.05) is 13.0 Å². The second-order valence-corrected chi connectivity index (χ2v) is 11.1. The lowest BCUT2D eigenvalue weighted by Crippen LogP contribution is -2.30. The molecule has 0 N–H and O–H groups in total. The molecule has 2 aromatic carbocycles. The van der Waals surface area contributed by atoms with Crippen LogP contribution in [0.4, 0.5) is 4.39 Å². The van der Waals surface area contributed by atoms with Crippen LogP contribution in [0.5, 0.6) is 0 Å². The van der Waals surface area contributed by atoms with Gasteiger partial charge in [-0.05, 0) is 110 Å². The van der Waals surface area contributed by atoms with E-state index in [1.165, 1.54) is 88.0 Å². The Balaban J connectivity index is 1.33. The van der Waals surface area contributed by atoms with E-state index < -0.39 is 0 Å². The van der Waals surface area contributed by atoms with E-state index in [1.54, 1.807) is 6.07 Å². The summed E-state index contributed by atoms with van der Waals surface area (Å²) in [6, 6.07) is 10.7.